The Morgan fingerprint density at radius 1 is 1.12 bits per heavy atom. The van der Waals surface area contributed by atoms with Crippen molar-refractivity contribution < 1.29 is 9.90 Å². The summed E-state index contributed by atoms with van der Waals surface area (Å²) in [6.45, 7) is 6.28. The van der Waals surface area contributed by atoms with Gasteiger partial charge in [-0.15, -0.1) is 0 Å². The second-order valence-electron chi connectivity index (χ2n) is 4.22. The first-order valence-electron chi connectivity index (χ1n) is 5.46. The standard InChI is InChI=1S/C14H18O2/c1-10(2)11(3)13-7-4-12(5-8-13)6-9-14(15)16/h4-5,7-8H,6,9H2,1-3H3,(H,15,16). The largest absolute Gasteiger partial charge is 0.481 e. The normalized spacial score (nSPS) is 9.94. The highest BCUT2D eigenvalue weighted by atomic mass is 16.4. The number of carboxylic acids is 1. The second kappa shape index (κ2) is 5.50. The van der Waals surface area contributed by atoms with Gasteiger partial charge in [0.2, 0.25) is 0 Å². The van der Waals surface area contributed by atoms with Crippen LogP contribution in [0.1, 0.15) is 38.3 Å². The van der Waals surface area contributed by atoms with E-state index in [9.17, 15) is 4.79 Å². The van der Waals surface area contributed by atoms with Crippen LogP contribution in [0.3, 0.4) is 0 Å². The molecule has 2 heteroatoms. The fraction of sp³-hybridized carbons (Fsp3) is 0.357. The molecule has 1 N–H and O–H groups in total. The molecule has 0 aliphatic rings. The molecule has 0 aliphatic carbocycles. The average molecular weight is 218 g/mol. The lowest BCUT2D eigenvalue weighted by Gasteiger charge is -2.05. The quantitative estimate of drug-likeness (QED) is 0.839. The topological polar surface area (TPSA) is 37.3 Å². The van der Waals surface area contributed by atoms with Crippen LogP contribution in [0.4, 0.5) is 0 Å². The number of hydrogen-bond acceptors (Lipinski definition) is 1. The monoisotopic (exact) mass is 218 g/mol. The molecule has 0 amide bonds. The van der Waals surface area contributed by atoms with E-state index >= 15 is 0 Å². The SMILES string of the molecule is CC(C)=C(C)c1ccc(CCC(=O)O)cc1. The molecule has 2 nitrogen and oxygen atoms in total. The maximum atomic E-state index is 10.4. The summed E-state index contributed by atoms with van der Waals surface area (Å²) in [7, 11) is 0. The van der Waals surface area contributed by atoms with Crippen molar-refractivity contribution in [1.82, 2.24) is 0 Å². The highest BCUT2D eigenvalue weighted by Gasteiger charge is 2.01. The Labute approximate surface area is 96.6 Å². The molecule has 0 heterocycles. The van der Waals surface area contributed by atoms with E-state index < -0.39 is 5.97 Å². The maximum absolute atomic E-state index is 10.4. The average Bonchev–Trinajstić information content (AvgIpc) is 2.26. The van der Waals surface area contributed by atoms with E-state index in [1.807, 2.05) is 12.1 Å². The Hall–Kier alpha value is -1.57. The molecule has 0 aromatic heterocycles. The number of allylic oxidation sites excluding steroid dienone is 2. The smallest absolute Gasteiger partial charge is 0.303 e. The van der Waals surface area contributed by atoms with Crippen molar-refractivity contribution in [3.63, 3.8) is 0 Å². The van der Waals surface area contributed by atoms with E-state index in [2.05, 4.69) is 32.9 Å². The van der Waals surface area contributed by atoms with E-state index in [1.54, 1.807) is 0 Å². The molecule has 16 heavy (non-hydrogen) atoms. The van der Waals surface area contributed by atoms with E-state index in [4.69, 9.17) is 5.11 Å². The molecule has 0 spiro atoms. The number of carbonyl (C=O) groups is 1. The van der Waals surface area contributed by atoms with Gasteiger partial charge in [-0.25, -0.2) is 0 Å². The summed E-state index contributed by atoms with van der Waals surface area (Å²) < 4.78 is 0. The Morgan fingerprint density at radius 2 is 1.69 bits per heavy atom. The van der Waals surface area contributed by atoms with Crippen LogP contribution in [0.2, 0.25) is 0 Å². The van der Waals surface area contributed by atoms with Crippen LogP contribution >= 0.6 is 0 Å². The molecule has 1 rings (SSSR count). The summed E-state index contributed by atoms with van der Waals surface area (Å²) >= 11 is 0. The minimum Gasteiger partial charge on any atom is -0.481 e. The Kier molecular flexibility index (Phi) is 4.29. The van der Waals surface area contributed by atoms with Gasteiger partial charge in [0.15, 0.2) is 0 Å². The molecule has 1 aromatic rings. The molecule has 0 radical (unpaired) electrons. The van der Waals surface area contributed by atoms with Crippen molar-refractivity contribution in [3.8, 4) is 0 Å². The molecule has 0 fully saturated rings. The maximum Gasteiger partial charge on any atom is 0.303 e. The first kappa shape index (κ1) is 12.5. The Balaban J connectivity index is 2.76. The summed E-state index contributed by atoms with van der Waals surface area (Å²) in [6, 6.07) is 8.12. The van der Waals surface area contributed by atoms with E-state index in [0.29, 0.717) is 6.42 Å². The Morgan fingerprint density at radius 3 is 2.12 bits per heavy atom. The summed E-state index contributed by atoms with van der Waals surface area (Å²) in [5, 5.41) is 8.58. The fourth-order valence-electron chi connectivity index (χ4n) is 1.46. The van der Waals surface area contributed by atoms with Crippen molar-refractivity contribution in [2.24, 2.45) is 0 Å². The lowest BCUT2D eigenvalue weighted by Crippen LogP contribution is -1.97. The summed E-state index contributed by atoms with van der Waals surface area (Å²) in [4.78, 5) is 10.4. The molecule has 0 bridgehead atoms. The van der Waals surface area contributed by atoms with Crippen LogP contribution in [0, 0.1) is 0 Å². The molecule has 0 saturated heterocycles. The predicted octanol–water partition coefficient (Wildman–Crippen LogP) is 3.52. The van der Waals surface area contributed by atoms with E-state index in [-0.39, 0.29) is 6.42 Å². The molecular weight excluding hydrogens is 200 g/mol. The van der Waals surface area contributed by atoms with Crippen molar-refractivity contribution in [2.75, 3.05) is 0 Å². The highest BCUT2D eigenvalue weighted by Crippen LogP contribution is 2.18. The summed E-state index contributed by atoms with van der Waals surface area (Å²) in [5.41, 5.74) is 4.87. The minimum atomic E-state index is -0.746. The van der Waals surface area contributed by atoms with Gasteiger partial charge in [0.1, 0.15) is 0 Å². The first-order valence-corrected chi connectivity index (χ1v) is 5.46. The zero-order chi connectivity index (χ0) is 12.1. The van der Waals surface area contributed by atoms with Gasteiger partial charge in [-0.2, -0.15) is 0 Å². The third-order valence-corrected chi connectivity index (χ3v) is 2.76. The lowest BCUT2D eigenvalue weighted by atomic mass is 10.0. The number of carboxylic acid groups (broad SMARTS) is 1. The number of hydrogen-bond donors (Lipinski definition) is 1. The van der Waals surface area contributed by atoms with E-state index in [1.165, 1.54) is 16.7 Å². The van der Waals surface area contributed by atoms with Crippen LogP contribution in [0.15, 0.2) is 29.8 Å². The molecule has 0 atom stereocenters. The minimum absolute atomic E-state index is 0.195. The molecule has 1 aromatic carbocycles. The third-order valence-electron chi connectivity index (χ3n) is 2.76. The number of benzene rings is 1. The molecule has 0 aliphatic heterocycles. The number of aryl methyl sites for hydroxylation is 1. The van der Waals surface area contributed by atoms with Crippen molar-refractivity contribution >= 4 is 11.5 Å². The molecular formula is C14H18O2. The van der Waals surface area contributed by atoms with Crippen LogP contribution < -0.4 is 0 Å². The van der Waals surface area contributed by atoms with Gasteiger partial charge in [0, 0.05) is 6.42 Å². The van der Waals surface area contributed by atoms with Gasteiger partial charge in [-0.05, 0) is 43.9 Å². The molecule has 86 valence electrons. The highest BCUT2D eigenvalue weighted by molar-refractivity contribution is 5.68. The van der Waals surface area contributed by atoms with Crippen LogP contribution in [-0.2, 0) is 11.2 Å². The van der Waals surface area contributed by atoms with Gasteiger partial charge in [-0.1, -0.05) is 29.8 Å². The number of rotatable bonds is 4. The lowest BCUT2D eigenvalue weighted by molar-refractivity contribution is -0.136. The van der Waals surface area contributed by atoms with Crippen molar-refractivity contribution in [3.05, 3.63) is 41.0 Å². The van der Waals surface area contributed by atoms with Crippen molar-refractivity contribution in [1.29, 1.82) is 0 Å². The van der Waals surface area contributed by atoms with Crippen LogP contribution in [-0.4, -0.2) is 11.1 Å². The summed E-state index contributed by atoms with van der Waals surface area (Å²) in [5.74, 6) is -0.746. The fourth-order valence-corrected chi connectivity index (χ4v) is 1.46. The second-order valence-corrected chi connectivity index (χ2v) is 4.22. The summed E-state index contributed by atoms with van der Waals surface area (Å²) in [6.07, 6.45) is 0.796. The van der Waals surface area contributed by atoms with Crippen molar-refractivity contribution in [2.45, 2.75) is 33.6 Å². The van der Waals surface area contributed by atoms with Gasteiger partial charge < -0.3 is 5.11 Å². The van der Waals surface area contributed by atoms with E-state index in [0.717, 1.165) is 5.56 Å². The van der Waals surface area contributed by atoms with Gasteiger partial charge in [-0.3, -0.25) is 4.79 Å². The zero-order valence-electron chi connectivity index (χ0n) is 10.1. The van der Waals surface area contributed by atoms with Crippen LogP contribution in [0.25, 0.3) is 5.57 Å². The third kappa shape index (κ3) is 3.54. The Bertz CT molecular complexity index is 395. The zero-order valence-corrected chi connectivity index (χ0v) is 10.1. The first-order chi connectivity index (χ1) is 7.50. The molecule has 0 unspecified atom stereocenters. The predicted molar refractivity (Wildman–Crippen MR) is 66.3 cm³/mol. The number of aliphatic carboxylic acids is 1. The van der Waals surface area contributed by atoms with Crippen LogP contribution in [0.5, 0.6) is 0 Å². The van der Waals surface area contributed by atoms with Gasteiger partial charge >= 0.3 is 5.97 Å². The van der Waals surface area contributed by atoms with Gasteiger partial charge in [0.05, 0.1) is 0 Å². The molecule has 0 saturated carbocycles. The van der Waals surface area contributed by atoms with Gasteiger partial charge in [0.25, 0.3) is 0 Å².